The topological polar surface area (TPSA) is 152 Å². The highest BCUT2D eigenvalue weighted by Crippen LogP contribution is 2.59. The minimum Gasteiger partial charge on any atom is -0.380 e. The normalized spacial score (nSPS) is 27.3. The lowest BCUT2D eigenvalue weighted by Crippen LogP contribution is -2.36. The molecule has 1 saturated carbocycles. The molecule has 0 aromatic carbocycles. The summed E-state index contributed by atoms with van der Waals surface area (Å²) in [5, 5.41) is 8.95. The zero-order valence-corrected chi connectivity index (χ0v) is 13.3. The number of carbonyl (C=O) groups excluding carboxylic acids is 1. The van der Waals surface area contributed by atoms with E-state index in [1.165, 1.54) is 6.92 Å². The first kappa shape index (κ1) is 18.3. The first-order chi connectivity index (χ1) is 8.94. The molecule has 0 spiro atoms. The van der Waals surface area contributed by atoms with Crippen LogP contribution in [0.2, 0.25) is 0 Å². The molecule has 11 heteroatoms. The van der Waals surface area contributed by atoms with Gasteiger partial charge in [-0.1, -0.05) is 18.2 Å². The number of aliphatic hydroxyl groups excluding tert-OH is 1. The molecule has 8 nitrogen and oxygen atoms in total. The van der Waals surface area contributed by atoms with Gasteiger partial charge in [0.1, 0.15) is 5.66 Å². The number of thioether (sulfide) groups is 1. The van der Waals surface area contributed by atoms with Gasteiger partial charge in [-0.05, 0) is 18.8 Å². The van der Waals surface area contributed by atoms with Crippen LogP contribution < -0.4 is 0 Å². The molecule has 0 saturated heterocycles. The molecule has 4 unspecified atom stereocenters. The minimum absolute atomic E-state index is 0.239. The summed E-state index contributed by atoms with van der Waals surface area (Å²) in [6, 6.07) is 0. The minimum atomic E-state index is -5.05. The van der Waals surface area contributed by atoms with E-state index >= 15 is 0 Å². The van der Waals surface area contributed by atoms with Crippen molar-refractivity contribution >= 4 is 32.1 Å². The van der Waals surface area contributed by atoms with Gasteiger partial charge in [0.2, 0.25) is 0 Å². The Morgan fingerprint density at radius 1 is 1.15 bits per heavy atom. The summed E-state index contributed by atoms with van der Waals surface area (Å²) < 4.78 is 22.7. The predicted octanol–water partition coefficient (Wildman–Crippen LogP) is 0.477. The summed E-state index contributed by atoms with van der Waals surface area (Å²) in [4.78, 5) is 47.8. The predicted molar refractivity (Wildman–Crippen MR) is 73.3 cm³/mol. The largest absolute Gasteiger partial charge is 0.380 e. The molecule has 1 rings (SSSR count). The van der Waals surface area contributed by atoms with E-state index in [-0.39, 0.29) is 5.12 Å². The molecule has 0 amide bonds. The van der Waals surface area contributed by atoms with Crippen LogP contribution in [0.4, 0.5) is 0 Å². The lowest BCUT2D eigenvalue weighted by molar-refractivity contribution is -0.109. The fraction of sp³-hybridized carbons (Fsp3) is 0.889. The summed E-state index contributed by atoms with van der Waals surface area (Å²) >= 11 is 0.896. The summed E-state index contributed by atoms with van der Waals surface area (Å²) in [6.07, 6.45) is 1.40. The Morgan fingerprint density at radius 3 is 2.10 bits per heavy atom. The highest BCUT2D eigenvalue weighted by Gasteiger charge is 2.52. The van der Waals surface area contributed by atoms with E-state index in [0.29, 0.717) is 19.3 Å². The molecular formula is C9H18O8P2S. The lowest BCUT2D eigenvalue weighted by atomic mass is 10.0. The Hall–Kier alpha value is 0.280. The second-order valence-electron chi connectivity index (χ2n) is 4.83. The molecule has 5 N–H and O–H groups in total. The SMILES string of the molecule is CC(=O)SC1CCCC1C(C(O)P(=O)(O)O)P(=O)(O)O. The van der Waals surface area contributed by atoms with E-state index in [2.05, 4.69) is 0 Å². The zero-order chi connectivity index (χ0) is 15.7. The van der Waals surface area contributed by atoms with Gasteiger partial charge in [0.15, 0.2) is 11.0 Å². The van der Waals surface area contributed by atoms with Crippen molar-refractivity contribution in [1.29, 1.82) is 0 Å². The van der Waals surface area contributed by atoms with E-state index in [0.717, 1.165) is 11.8 Å². The summed E-state index contributed by atoms with van der Waals surface area (Å²) in [7, 11) is -9.98. The van der Waals surface area contributed by atoms with Crippen LogP contribution in [-0.4, -0.2) is 46.5 Å². The van der Waals surface area contributed by atoms with Crippen LogP contribution in [0.3, 0.4) is 0 Å². The molecule has 0 aliphatic heterocycles. The zero-order valence-electron chi connectivity index (χ0n) is 10.7. The van der Waals surface area contributed by atoms with Gasteiger partial charge in [0.05, 0.1) is 0 Å². The third-order valence-electron chi connectivity index (χ3n) is 3.30. The van der Waals surface area contributed by atoms with Crippen LogP contribution in [0.25, 0.3) is 0 Å². The van der Waals surface area contributed by atoms with Crippen molar-refractivity contribution in [1.82, 2.24) is 0 Å². The molecule has 1 aliphatic rings. The van der Waals surface area contributed by atoms with Gasteiger partial charge in [-0.25, -0.2) is 0 Å². The number of rotatable bonds is 5. The van der Waals surface area contributed by atoms with E-state index in [4.69, 9.17) is 9.79 Å². The molecule has 0 aromatic rings. The second kappa shape index (κ2) is 6.58. The maximum absolute atomic E-state index is 11.5. The van der Waals surface area contributed by atoms with Crippen molar-refractivity contribution in [3.8, 4) is 0 Å². The summed E-state index contributed by atoms with van der Waals surface area (Å²) in [5.41, 5.74) is -1.86. The number of carbonyl (C=O) groups is 1. The quantitative estimate of drug-likeness (QED) is 0.446. The number of hydrogen-bond donors (Lipinski definition) is 5. The van der Waals surface area contributed by atoms with Gasteiger partial charge >= 0.3 is 15.2 Å². The highest BCUT2D eigenvalue weighted by atomic mass is 32.2. The van der Waals surface area contributed by atoms with Crippen molar-refractivity contribution < 1.29 is 38.6 Å². The van der Waals surface area contributed by atoms with Crippen molar-refractivity contribution in [2.75, 3.05) is 0 Å². The number of aliphatic hydroxyl groups is 1. The molecule has 0 bridgehead atoms. The molecule has 4 atom stereocenters. The summed E-state index contributed by atoms with van der Waals surface area (Å²) in [6.45, 7) is 1.31. The molecule has 118 valence electrons. The van der Waals surface area contributed by atoms with Crippen LogP contribution in [0.15, 0.2) is 0 Å². The van der Waals surface area contributed by atoms with E-state index < -0.39 is 37.9 Å². The van der Waals surface area contributed by atoms with Crippen molar-refractivity contribution in [2.45, 2.75) is 42.9 Å². The third kappa shape index (κ3) is 4.64. The Kier molecular flexibility index (Phi) is 6.03. The van der Waals surface area contributed by atoms with Crippen LogP contribution in [0, 0.1) is 5.92 Å². The van der Waals surface area contributed by atoms with Gasteiger partial charge in [-0.2, -0.15) is 0 Å². The van der Waals surface area contributed by atoms with Gasteiger partial charge < -0.3 is 24.7 Å². The van der Waals surface area contributed by atoms with Crippen molar-refractivity contribution in [2.24, 2.45) is 5.92 Å². The third-order valence-corrected chi connectivity index (χ3v) is 7.21. The molecule has 1 fully saturated rings. The average Bonchev–Trinajstić information content (AvgIpc) is 2.61. The Bertz CT molecular complexity index is 457. The maximum Gasteiger partial charge on any atom is 0.354 e. The maximum atomic E-state index is 11.5. The Balaban J connectivity index is 3.08. The molecular weight excluding hydrogens is 330 g/mol. The molecule has 0 heterocycles. The van der Waals surface area contributed by atoms with Gasteiger partial charge in [0, 0.05) is 12.2 Å². The Labute approximate surface area is 120 Å². The van der Waals surface area contributed by atoms with Gasteiger partial charge in [0.25, 0.3) is 0 Å². The Morgan fingerprint density at radius 2 is 1.70 bits per heavy atom. The van der Waals surface area contributed by atoms with Crippen LogP contribution in [0.5, 0.6) is 0 Å². The van der Waals surface area contributed by atoms with Gasteiger partial charge in [-0.15, -0.1) is 0 Å². The molecule has 20 heavy (non-hydrogen) atoms. The average molecular weight is 348 g/mol. The fourth-order valence-corrected chi connectivity index (χ4v) is 6.72. The first-order valence-electron chi connectivity index (χ1n) is 5.90. The van der Waals surface area contributed by atoms with Crippen LogP contribution in [0.1, 0.15) is 26.2 Å². The van der Waals surface area contributed by atoms with Crippen LogP contribution in [-0.2, 0) is 13.9 Å². The van der Waals surface area contributed by atoms with E-state index in [1.807, 2.05) is 0 Å². The molecule has 1 aliphatic carbocycles. The molecule has 0 radical (unpaired) electrons. The van der Waals surface area contributed by atoms with E-state index in [1.54, 1.807) is 0 Å². The molecule has 0 aromatic heterocycles. The lowest BCUT2D eigenvalue weighted by Gasteiger charge is -2.32. The van der Waals surface area contributed by atoms with Gasteiger partial charge in [-0.3, -0.25) is 13.9 Å². The van der Waals surface area contributed by atoms with Crippen LogP contribution >= 0.6 is 27.0 Å². The highest BCUT2D eigenvalue weighted by molar-refractivity contribution is 8.14. The fourth-order valence-electron chi connectivity index (χ4n) is 2.55. The van der Waals surface area contributed by atoms with Crippen molar-refractivity contribution in [3.63, 3.8) is 0 Å². The second-order valence-corrected chi connectivity index (χ2v) is 9.72. The monoisotopic (exact) mass is 348 g/mol. The van der Waals surface area contributed by atoms with Crippen molar-refractivity contribution in [3.05, 3.63) is 0 Å². The first-order valence-corrected chi connectivity index (χ1v) is 10.1. The van der Waals surface area contributed by atoms with E-state index in [9.17, 15) is 28.8 Å². The standard InChI is InChI=1S/C9H18O8P2S/c1-5(10)20-7-4-2-3-6(7)8(18(12,13)14)9(11)19(15,16)17/h6-9,11H,2-4H2,1H3,(H2,12,13,14)(H2,15,16,17). The number of hydrogen-bond acceptors (Lipinski definition) is 5. The summed E-state index contributed by atoms with van der Waals surface area (Å²) in [5.74, 6) is -3.24. The smallest absolute Gasteiger partial charge is 0.354 e.